The number of halogens is 1. The first kappa shape index (κ1) is 15.9. The summed E-state index contributed by atoms with van der Waals surface area (Å²) in [5.74, 6) is -0.112. The van der Waals surface area contributed by atoms with Crippen LogP contribution in [0.3, 0.4) is 0 Å². The predicted molar refractivity (Wildman–Crippen MR) is 82.3 cm³/mol. The first-order valence-corrected chi connectivity index (χ1v) is 9.24. The maximum Gasteiger partial charge on any atom is 0.252 e. The highest BCUT2D eigenvalue weighted by molar-refractivity contribution is 9.11. The van der Waals surface area contributed by atoms with Crippen LogP contribution in [-0.4, -0.2) is 38.8 Å². The highest BCUT2D eigenvalue weighted by atomic mass is 79.9. The first-order chi connectivity index (χ1) is 9.20. The van der Waals surface area contributed by atoms with Gasteiger partial charge in [-0.05, 0) is 47.8 Å². The van der Waals surface area contributed by atoms with Gasteiger partial charge in [0.15, 0.2) is 0 Å². The quantitative estimate of drug-likeness (QED) is 0.871. The van der Waals surface area contributed by atoms with Gasteiger partial charge < -0.3 is 5.32 Å². The lowest BCUT2D eigenvalue weighted by Crippen LogP contribution is -2.40. The van der Waals surface area contributed by atoms with E-state index >= 15 is 0 Å². The Balaban J connectivity index is 2.27. The maximum absolute atomic E-state index is 12.6. The van der Waals surface area contributed by atoms with Crippen molar-refractivity contribution in [2.24, 2.45) is 5.41 Å². The molecule has 1 fully saturated rings. The molecule has 0 spiro atoms. The highest BCUT2D eigenvalue weighted by Crippen LogP contribution is 2.37. The summed E-state index contributed by atoms with van der Waals surface area (Å²) in [5, 5.41) is 2.61. The molecular weight excluding hydrogens is 364 g/mol. The van der Waals surface area contributed by atoms with Crippen LogP contribution >= 0.6 is 27.3 Å². The van der Waals surface area contributed by atoms with Crippen LogP contribution in [0.25, 0.3) is 0 Å². The molecule has 0 bridgehead atoms. The van der Waals surface area contributed by atoms with Crippen molar-refractivity contribution in [2.45, 2.75) is 24.5 Å². The van der Waals surface area contributed by atoms with Gasteiger partial charge in [0.05, 0.1) is 9.20 Å². The molecule has 1 saturated heterocycles. The number of hydrogen-bond donors (Lipinski definition) is 1. The van der Waals surface area contributed by atoms with Crippen LogP contribution in [0.1, 0.15) is 18.9 Å². The van der Waals surface area contributed by atoms with E-state index in [1.54, 1.807) is 20.0 Å². The number of aryl methyl sites for hydroxylation is 1. The monoisotopic (exact) mass is 380 g/mol. The van der Waals surface area contributed by atoms with Crippen LogP contribution in [0.2, 0.25) is 0 Å². The van der Waals surface area contributed by atoms with Crippen molar-refractivity contribution in [3.63, 3.8) is 0 Å². The van der Waals surface area contributed by atoms with E-state index in [-0.39, 0.29) is 12.5 Å². The molecule has 2 heterocycles. The summed E-state index contributed by atoms with van der Waals surface area (Å²) in [6.45, 7) is 4.26. The Bertz CT molecular complexity index is 622. The van der Waals surface area contributed by atoms with Crippen molar-refractivity contribution in [1.29, 1.82) is 0 Å². The van der Waals surface area contributed by atoms with E-state index in [4.69, 9.17) is 0 Å². The maximum atomic E-state index is 12.6. The fourth-order valence-electron chi connectivity index (χ4n) is 2.30. The lowest BCUT2D eigenvalue weighted by molar-refractivity contribution is -0.128. The topological polar surface area (TPSA) is 66.5 Å². The molecule has 1 aromatic rings. The van der Waals surface area contributed by atoms with Crippen molar-refractivity contribution in [3.8, 4) is 0 Å². The molecule has 1 aromatic heterocycles. The Morgan fingerprint density at radius 3 is 2.70 bits per heavy atom. The van der Waals surface area contributed by atoms with Gasteiger partial charge in [0.25, 0.3) is 10.0 Å². The number of amides is 1. The molecule has 1 aliphatic heterocycles. The molecule has 0 radical (unpaired) electrons. The first-order valence-electron chi connectivity index (χ1n) is 6.19. The molecule has 1 aliphatic rings. The van der Waals surface area contributed by atoms with Crippen molar-refractivity contribution >= 4 is 43.2 Å². The van der Waals surface area contributed by atoms with Gasteiger partial charge >= 0.3 is 0 Å². The molecule has 1 amide bonds. The molecule has 8 heteroatoms. The summed E-state index contributed by atoms with van der Waals surface area (Å²) >= 11 is 4.55. The fourth-order valence-corrected chi connectivity index (χ4v) is 6.24. The molecule has 0 saturated carbocycles. The zero-order chi connectivity index (χ0) is 15.1. The zero-order valence-electron chi connectivity index (χ0n) is 11.6. The van der Waals surface area contributed by atoms with Gasteiger partial charge in [-0.3, -0.25) is 4.79 Å². The summed E-state index contributed by atoms with van der Waals surface area (Å²) in [7, 11) is -1.94. The number of sulfonamides is 1. The summed E-state index contributed by atoms with van der Waals surface area (Å²) in [5.41, 5.74) is 0.257. The predicted octanol–water partition coefficient (Wildman–Crippen LogP) is 1.97. The molecule has 1 atom stereocenters. The standard InChI is InChI=1S/C12H17BrN2O3S2/c1-8-6-9(19-10(8)13)20(17,18)15-5-4-12(2,7-15)11(16)14-3/h6H,4-5,7H2,1-3H3,(H,14,16). The van der Waals surface area contributed by atoms with E-state index < -0.39 is 15.4 Å². The molecule has 1 N–H and O–H groups in total. The third-order valence-electron chi connectivity index (χ3n) is 3.64. The number of hydrogen-bond acceptors (Lipinski definition) is 4. The van der Waals surface area contributed by atoms with Gasteiger partial charge in [-0.2, -0.15) is 4.31 Å². The Morgan fingerprint density at radius 2 is 2.20 bits per heavy atom. The van der Waals surface area contributed by atoms with E-state index in [1.807, 2.05) is 6.92 Å². The Labute approximate surface area is 131 Å². The third-order valence-corrected chi connectivity index (χ3v) is 8.07. The SMILES string of the molecule is CNC(=O)C1(C)CCN(S(=O)(=O)c2cc(C)c(Br)s2)C1. The Kier molecular flexibility index (Phi) is 4.30. The van der Waals surface area contributed by atoms with E-state index in [1.165, 1.54) is 15.6 Å². The van der Waals surface area contributed by atoms with Crippen LogP contribution in [0.5, 0.6) is 0 Å². The second kappa shape index (κ2) is 5.40. The van der Waals surface area contributed by atoms with Crippen molar-refractivity contribution in [3.05, 3.63) is 15.4 Å². The van der Waals surface area contributed by atoms with Crippen LogP contribution in [-0.2, 0) is 14.8 Å². The van der Waals surface area contributed by atoms with E-state index in [9.17, 15) is 13.2 Å². The summed E-state index contributed by atoms with van der Waals surface area (Å²) in [6.07, 6.45) is 0.539. The number of nitrogens with one attached hydrogen (secondary N) is 1. The molecule has 2 rings (SSSR count). The summed E-state index contributed by atoms with van der Waals surface area (Å²) in [4.78, 5) is 11.9. The average molecular weight is 381 g/mol. The number of rotatable bonds is 3. The number of nitrogens with zero attached hydrogens (tertiary/aromatic N) is 1. The van der Waals surface area contributed by atoms with Gasteiger partial charge in [-0.1, -0.05) is 0 Å². The lowest BCUT2D eigenvalue weighted by atomic mass is 9.89. The molecule has 5 nitrogen and oxygen atoms in total. The van der Waals surface area contributed by atoms with Gasteiger partial charge in [-0.25, -0.2) is 8.42 Å². The molecule has 0 aliphatic carbocycles. The number of carbonyl (C=O) groups is 1. The second-order valence-corrected chi connectivity index (χ2v) is 9.79. The Hall–Kier alpha value is -0.440. The molecule has 20 heavy (non-hydrogen) atoms. The van der Waals surface area contributed by atoms with Crippen molar-refractivity contribution in [1.82, 2.24) is 9.62 Å². The Morgan fingerprint density at radius 1 is 1.55 bits per heavy atom. The van der Waals surface area contributed by atoms with E-state index in [0.29, 0.717) is 17.2 Å². The van der Waals surface area contributed by atoms with Gasteiger partial charge in [0.2, 0.25) is 5.91 Å². The third kappa shape index (κ3) is 2.66. The minimum atomic E-state index is -3.51. The molecule has 1 unspecified atom stereocenters. The van der Waals surface area contributed by atoms with Crippen LogP contribution in [0.15, 0.2) is 14.1 Å². The molecule has 112 valence electrons. The van der Waals surface area contributed by atoms with E-state index in [2.05, 4.69) is 21.2 Å². The number of carbonyl (C=O) groups excluding carboxylic acids is 1. The van der Waals surface area contributed by atoms with Gasteiger partial charge in [0.1, 0.15) is 4.21 Å². The zero-order valence-corrected chi connectivity index (χ0v) is 14.8. The minimum Gasteiger partial charge on any atom is -0.359 e. The van der Waals surface area contributed by atoms with Crippen LogP contribution in [0.4, 0.5) is 0 Å². The van der Waals surface area contributed by atoms with Crippen molar-refractivity contribution in [2.75, 3.05) is 20.1 Å². The van der Waals surface area contributed by atoms with Crippen molar-refractivity contribution < 1.29 is 13.2 Å². The normalized spacial score (nSPS) is 24.0. The minimum absolute atomic E-state index is 0.112. The number of thiophene rings is 1. The van der Waals surface area contributed by atoms with Gasteiger partial charge in [-0.15, -0.1) is 11.3 Å². The van der Waals surface area contributed by atoms with E-state index in [0.717, 1.165) is 9.35 Å². The molecular formula is C12H17BrN2O3S2. The second-order valence-electron chi connectivity index (χ2n) is 5.25. The smallest absolute Gasteiger partial charge is 0.252 e. The fraction of sp³-hybridized carbons (Fsp3) is 0.583. The highest BCUT2D eigenvalue weighted by Gasteiger charge is 2.44. The summed E-state index contributed by atoms with van der Waals surface area (Å²) in [6, 6.07) is 1.67. The van der Waals surface area contributed by atoms with Crippen LogP contribution < -0.4 is 5.32 Å². The van der Waals surface area contributed by atoms with Gasteiger partial charge in [0, 0.05) is 20.1 Å². The lowest BCUT2D eigenvalue weighted by Gasteiger charge is -2.22. The summed E-state index contributed by atoms with van der Waals surface area (Å²) < 4.78 is 27.7. The largest absolute Gasteiger partial charge is 0.359 e. The average Bonchev–Trinajstić information content (AvgIpc) is 2.95. The molecule has 0 aromatic carbocycles. The van der Waals surface area contributed by atoms with Crippen LogP contribution in [0, 0.1) is 12.3 Å².